The summed E-state index contributed by atoms with van der Waals surface area (Å²) in [4.78, 5) is 25.8. The number of amides is 2. The first kappa shape index (κ1) is 24.8. The van der Waals surface area contributed by atoms with Gasteiger partial charge in [-0.05, 0) is 91.8 Å². The van der Waals surface area contributed by atoms with Gasteiger partial charge in [-0.3, -0.25) is 9.59 Å². The van der Waals surface area contributed by atoms with Crippen LogP contribution in [0.3, 0.4) is 0 Å². The predicted molar refractivity (Wildman–Crippen MR) is 142 cm³/mol. The second-order valence-corrected chi connectivity index (χ2v) is 9.52. The summed E-state index contributed by atoms with van der Waals surface area (Å²) in [6.07, 6.45) is 2.38. The van der Waals surface area contributed by atoms with Crippen LogP contribution < -0.4 is 20.1 Å². The molecule has 1 fully saturated rings. The number of hydrogen-bond donors (Lipinski definition) is 2. The molecule has 2 aliphatic rings. The SMILES string of the molecule is CCOCCCNC(=O)c1ccc(-c2cc(NC(=O)C3(c4ccc5c(c4)OCO5)CC3)ccc2C)cc1. The highest BCUT2D eigenvalue weighted by atomic mass is 16.7. The van der Waals surface area contributed by atoms with E-state index in [1.807, 2.05) is 74.5 Å². The predicted octanol–water partition coefficient (Wildman–Crippen LogP) is 5.22. The van der Waals surface area contributed by atoms with Crippen LogP contribution in [0.5, 0.6) is 11.5 Å². The Morgan fingerprint density at radius 2 is 1.76 bits per heavy atom. The molecule has 0 unspecified atom stereocenters. The maximum absolute atomic E-state index is 13.4. The highest BCUT2D eigenvalue weighted by molar-refractivity contribution is 6.02. The normalized spacial score (nSPS) is 14.8. The van der Waals surface area contributed by atoms with Crippen molar-refractivity contribution >= 4 is 17.5 Å². The standard InChI is InChI=1S/C30H32N2O5/c1-3-35-16-4-15-31-28(33)22-8-6-21(7-9-22)25-18-24(11-5-20(25)2)32-29(34)30(13-14-30)23-10-12-26-27(17-23)37-19-36-26/h5-12,17-18H,3-4,13-16,19H2,1-2H3,(H,31,33)(H,32,34). The number of hydrogen-bond acceptors (Lipinski definition) is 5. The summed E-state index contributed by atoms with van der Waals surface area (Å²) in [6, 6.07) is 19.2. The minimum absolute atomic E-state index is 0.0162. The van der Waals surface area contributed by atoms with Gasteiger partial charge < -0.3 is 24.8 Å². The quantitative estimate of drug-likeness (QED) is 0.373. The number of fused-ring (bicyclic) bond motifs is 1. The average molecular weight is 501 g/mol. The first-order chi connectivity index (χ1) is 18.0. The summed E-state index contributed by atoms with van der Waals surface area (Å²) < 4.78 is 16.2. The van der Waals surface area contributed by atoms with Gasteiger partial charge in [-0.1, -0.05) is 24.3 Å². The lowest BCUT2D eigenvalue weighted by molar-refractivity contribution is -0.118. The molecule has 5 rings (SSSR count). The van der Waals surface area contributed by atoms with E-state index in [1.54, 1.807) is 0 Å². The van der Waals surface area contributed by atoms with E-state index in [0.717, 1.165) is 47.2 Å². The van der Waals surface area contributed by atoms with Crippen molar-refractivity contribution in [2.45, 2.75) is 38.5 Å². The molecule has 0 aromatic heterocycles. The van der Waals surface area contributed by atoms with Crippen molar-refractivity contribution in [2.24, 2.45) is 0 Å². The zero-order valence-corrected chi connectivity index (χ0v) is 21.3. The maximum atomic E-state index is 13.4. The Labute approximate surface area is 217 Å². The largest absolute Gasteiger partial charge is 0.454 e. The topological polar surface area (TPSA) is 85.9 Å². The number of nitrogens with one attached hydrogen (secondary N) is 2. The van der Waals surface area contributed by atoms with Crippen molar-refractivity contribution in [3.8, 4) is 22.6 Å². The molecule has 1 aliphatic carbocycles. The van der Waals surface area contributed by atoms with Gasteiger partial charge in [0, 0.05) is 31.0 Å². The van der Waals surface area contributed by atoms with Crippen molar-refractivity contribution in [3.63, 3.8) is 0 Å². The molecule has 3 aromatic carbocycles. The molecule has 192 valence electrons. The highest BCUT2D eigenvalue weighted by Crippen LogP contribution is 2.51. The molecule has 0 atom stereocenters. The lowest BCUT2D eigenvalue weighted by Crippen LogP contribution is -2.27. The van der Waals surface area contributed by atoms with Crippen LogP contribution in [-0.4, -0.2) is 38.4 Å². The first-order valence-electron chi connectivity index (χ1n) is 12.8. The fraction of sp³-hybridized carbons (Fsp3) is 0.333. The molecule has 0 spiro atoms. The van der Waals surface area contributed by atoms with Crippen LogP contribution in [0.15, 0.2) is 60.7 Å². The Morgan fingerprint density at radius 3 is 2.51 bits per heavy atom. The van der Waals surface area contributed by atoms with Crippen LogP contribution in [0.25, 0.3) is 11.1 Å². The van der Waals surface area contributed by atoms with Crippen LogP contribution in [-0.2, 0) is 14.9 Å². The molecule has 37 heavy (non-hydrogen) atoms. The van der Waals surface area contributed by atoms with Crippen molar-refractivity contribution in [1.29, 1.82) is 0 Å². The maximum Gasteiger partial charge on any atom is 0.251 e. The fourth-order valence-corrected chi connectivity index (χ4v) is 4.65. The zero-order chi connectivity index (χ0) is 25.8. The Balaban J connectivity index is 1.26. The lowest BCUT2D eigenvalue weighted by atomic mass is 9.94. The first-order valence-corrected chi connectivity index (χ1v) is 12.8. The van der Waals surface area contributed by atoms with Crippen LogP contribution in [0.2, 0.25) is 0 Å². The number of aryl methyl sites for hydroxylation is 1. The molecule has 7 nitrogen and oxygen atoms in total. The summed E-state index contributed by atoms with van der Waals surface area (Å²) >= 11 is 0. The van der Waals surface area contributed by atoms with Gasteiger partial charge in [0.15, 0.2) is 11.5 Å². The second kappa shape index (κ2) is 10.6. The van der Waals surface area contributed by atoms with Gasteiger partial charge in [-0.2, -0.15) is 0 Å². The molecule has 0 radical (unpaired) electrons. The van der Waals surface area contributed by atoms with E-state index in [9.17, 15) is 9.59 Å². The number of benzene rings is 3. The Hall–Kier alpha value is -3.84. The van der Waals surface area contributed by atoms with Gasteiger partial charge in [-0.25, -0.2) is 0 Å². The van der Waals surface area contributed by atoms with Gasteiger partial charge in [0.2, 0.25) is 12.7 Å². The summed E-state index contributed by atoms with van der Waals surface area (Å²) in [5.74, 6) is 1.29. The van der Waals surface area contributed by atoms with Crippen molar-refractivity contribution in [2.75, 3.05) is 31.9 Å². The molecular weight excluding hydrogens is 468 g/mol. The summed E-state index contributed by atoms with van der Waals surface area (Å²) in [6.45, 7) is 6.10. The molecule has 1 aliphatic heterocycles. The number of carbonyl (C=O) groups is 2. The van der Waals surface area contributed by atoms with Crippen LogP contribution in [0.1, 0.15) is 47.7 Å². The van der Waals surface area contributed by atoms with E-state index in [-0.39, 0.29) is 18.6 Å². The molecule has 1 heterocycles. The van der Waals surface area contributed by atoms with E-state index >= 15 is 0 Å². The van der Waals surface area contributed by atoms with Gasteiger partial charge in [0.1, 0.15) is 0 Å². The molecular formula is C30H32N2O5. The number of ether oxygens (including phenoxy) is 3. The van der Waals surface area contributed by atoms with E-state index < -0.39 is 5.41 Å². The smallest absolute Gasteiger partial charge is 0.251 e. The van der Waals surface area contributed by atoms with Crippen LogP contribution >= 0.6 is 0 Å². The highest BCUT2D eigenvalue weighted by Gasteiger charge is 2.51. The average Bonchev–Trinajstić information content (AvgIpc) is 3.60. The molecule has 2 amide bonds. The minimum atomic E-state index is -0.538. The van der Waals surface area contributed by atoms with Gasteiger partial charge in [-0.15, -0.1) is 0 Å². The van der Waals surface area contributed by atoms with E-state index in [1.165, 1.54) is 0 Å². The molecule has 2 N–H and O–H groups in total. The van der Waals surface area contributed by atoms with Gasteiger partial charge in [0.25, 0.3) is 5.91 Å². The summed E-state index contributed by atoms with van der Waals surface area (Å²) in [7, 11) is 0. The fourth-order valence-electron chi connectivity index (χ4n) is 4.65. The van der Waals surface area contributed by atoms with Crippen molar-refractivity contribution < 1.29 is 23.8 Å². The van der Waals surface area contributed by atoms with Gasteiger partial charge in [0.05, 0.1) is 5.41 Å². The number of carbonyl (C=O) groups excluding carboxylic acids is 2. The number of rotatable bonds is 10. The molecule has 1 saturated carbocycles. The minimum Gasteiger partial charge on any atom is -0.454 e. The molecule has 0 bridgehead atoms. The molecule has 7 heteroatoms. The van der Waals surface area contributed by atoms with E-state index in [4.69, 9.17) is 14.2 Å². The third kappa shape index (κ3) is 5.32. The summed E-state index contributed by atoms with van der Waals surface area (Å²) in [5, 5.41) is 6.06. The Morgan fingerprint density at radius 1 is 0.973 bits per heavy atom. The monoisotopic (exact) mass is 500 g/mol. The lowest BCUT2D eigenvalue weighted by Gasteiger charge is -2.17. The van der Waals surface area contributed by atoms with Crippen LogP contribution in [0.4, 0.5) is 5.69 Å². The Kier molecular flexibility index (Phi) is 7.15. The zero-order valence-electron chi connectivity index (χ0n) is 21.3. The van der Waals surface area contributed by atoms with Crippen molar-refractivity contribution in [3.05, 3.63) is 77.4 Å². The van der Waals surface area contributed by atoms with Gasteiger partial charge >= 0.3 is 0 Å². The second-order valence-electron chi connectivity index (χ2n) is 9.52. The molecule has 0 saturated heterocycles. The third-order valence-corrected chi connectivity index (χ3v) is 7.02. The number of anilines is 1. The van der Waals surface area contributed by atoms with E-state index in [2.05, 4.69) is 10.6 Å². The van der Waals surface area contributed by atoms with E-state index in [0.29, 0.717) is 36.8 Å². The third-order valence-electron chi connectivity index (χ3n) is 7.02. The molecule has 3 aromatic rings. The van der Waals surface area contributed by atoms with Crippen molar-refractivity contribution in [1.82, 2.24) is 5.32 Å². The van der Waals surface area contributed by atoms with Crippen LogP contribution in [0, 0.1) is 6.92 Å². The Bertz CT molecular complexity index is 1300. The summed E-state index contributed by atoms with van der Waals surface area (Å²) in [5.41, 5.74) is 4.85.